The summed E-state index contributed by atoms with van der Waals surface area (Å²) in [6.07, 6.45) is 0.0647. The molecule has 0 saturated heterocycles. The number of rotatable bonds is 8. The Labute approximate surface area is 156 Å². The molecule has 0 fully saturated rings. The molecule has 2 rings (SSSR count). The van der Waals surface area contributed by atoms with E-state index in [1.54, 1.807) is 34.1 Å². The smallest absolute Gasteiger partial charge is 0.323 e. The van der Waals surface area contributed by atoms with Gasteiger partial charge < -0.3 is 19.5 Å². The standard InChI is InChI=1S/C18H22N2O5S/c1-11(2)20(9-17(22)23)16(21)8-13-10-26-18(19-13)12-5-6-14(24-3)15(7-12)25-4/h5-7,10-11H,8-9H2,1-4H3,(H,22,23). The van der Waals surface area contributed by atoms with Crippen LogP contribution in [0.4, 0.5) is 0 Å². The van der Waals surface area contributed by atoms with Crippen molar-refractivity contribution < 1.29 is 24.2 Å². The molecule has 0 aliphatic heterocycles. The van der Waals surface area contributed by atoms with Crippen LogP contribution in [0, 0.1) is 0 Å². The number of thiazole rings is 1. The summed E-state index contributed by atoms with van der Waals surface area (Å²) in [5, 5.41) is 11.5. The predicted octanol–water partition coefficient (Wildman–Crippen LogP) is 2.69. The van der Waals surface area contributed by atoms with Crippen molar-refractivity contribution in [1.29, 1.82) is 0 Å². The third kappa shape index (κ3) is 4.72. The van der Waals surface area contributed by atoms with E-state index in [9.17, 15) is 9.59 Å². The van der Waals surface area contributed by atoms with E-state index in [-0.39, 0.29) is 24.9 Å². The Morgan fingerprint density at radius 3 is 2.50 bits per heavy atom. The SMILES string of the molecule is COc1ccc(-c2nc(CC(=O)N(CC(=O)O)C(C)C)cs2)cc1OC. The average Bonchev–Trinajstić information content (AvgIpc) is 3.06. The topological polar surface area (TPSA) is 89.0 Å². The highest BCUT2D eigenvalue weighted by molar-refractivity contribution is 7.13. The number of amides is 1. The van der Waals surface area contributed by atoms with Crippen LogP contribution in [0.15, 0.2) is 23.6 Å². The summed E-state index contributed by atoms with van der Waals surface area (Å²) in [5.74, 6) is -0.0578. The fourth-order valence-electron chi connectivity index (χ4n) is 2.45. The number of benzene rings is 1. The number of hydrogen-bond donors (Lipinski definition) is 1. The van der Waals surface area contributed by atoms with Gasteiger partial charge in [-0.1, -0.05) is 0 Å². The normalized spacial score (nSPS) is 10.7. The lowest BCUT2D eigenvalue weighted by Crippen LogP contribution is -2.41. The summed E-state index contributed by atoms with van der Waals surface area (Å²) in [5.41, 5.74) is 1.47. The van der Waals surface area contributed by atoms with Gasteiger partial charge in [-0.15, -0.1) is 11.3 Å². The second-order valence-corrected chi connectivity index (χ2v) is 6.76. The van der Waals surface area contributed by atoms with Gasteiger partial charge in [0.05, 0.1) is 26.3 Å². The number of carbonyl (C=O) groups excluding carboxylic acids is 1. The Bertz CT molecular complexity index is 788. The Morgan fingerprint density at radius 2 is 1.92 bits per heavy atom. The predicted molar refractivity (Wildman–Crippen MR) is 98.8 cm³/mol. The minimum absolute atomic E-state index is 0.0647. The Morgan fingerprint density at radius 1 is 1.23 bits per heavy atom. The van der Waals surface area contributed by atoms with Crippen molar-refractivity contribution in [3.8, 4) is 22.1 Å². The lowest BCUT2D eigenvalue weighted by atomic mass is 10.2. The van der Waals surface area contributed by atoms with Gasteiger partial charge in [-0.05, 0) is 32.0 Å². The number of carboxylic acids is 1. The minimum atomic E-state index is -1.03. The number of hydrogen-bond acceptors (Lipinski definition) is 6. The molecule has 0 bridgehead atoms. The quantitative estimate of drug-likeness (QED) is 0.760. The van der Waals surface area contributed by atoms with Crippen LogP contribution >= 0.6 is 11.3 Å². The average molecular weight is 378 g/mol. The fraction of sp³-hybridized carbons (Fsp3) is 0.389. The monoisotopic (exact) mass is 378 g/mol. The van der Waals surface area contributed by atoms with Crippen LogP contribution in [0.25, 0.3) is 10.6 Å². The molecule has 1 amide bonds. The van der Waals surface area contributed by atoms with E-state index in [1.165, 1.54) is 16.2 Å². The molecule has 8 heteroatoms. The summed E-state index contributed by atoms with van der Waals surface area (Å²) in [6, 6.07) is 5.31. The van der Waals surface area contributed by atoms with Gasteiger partial charge in [0.1, 0.15) is 11.6 Å². The van der Waals surface area contributed by atoms with Crippen molar-refractivity contribution in [3.05, 3.63) is 29.3 Å². The second-order valence-electron chi connectivity index (χ2n) is 5.90. The lowest BCUT2D eigenvalue weighted by Gasteiger charge is -2.24. The summed E-state index contributed by atoms with van der Waals surface area (Å²) in [7, 11) is 3.14. The van der Waals surface area contributed by atoms with Gasteiger partial charge in [0, 0.05) is 17.0 Å². The van der Waals surface area contributed by atoms with Crippen LogP contribution in [0.1, 0.15) is 19.5 Å². The molecule has 1 N–H and O–H groups in total. The van der Waals surface area contributed by atoms with Gasteiger partial charge in [0.15, 0.2) is 11.5 Å². The van der Waals surface area contributed by atoms with Crippen molar-refractivity contribution >= 4 is 23.2 Å². The number of ether oxygens (including phenoxy) is 2. The van der Waals surface area contributed by atoms with Gasteiger partial charge in [-0.3, -0.25) is 9.59 Å². The molecular weight excluding hydrogens is 356 g/mol. The molecule has 7 nitrogen and oxygen atoms in total. The molecule has 26 heavy (non-hydrogen) atoms. The molecular formula is C18H22N2O5S. The number of aromatic nitrogens is 1. The van der Waals surface area contributed by atoms with Gasteiger partial charge >= 0.3 is 5.97 Å². The molecule has 0 unspecified atom stereocenters. The van der Waals surface area contributed by atoms with Crippen LogP contribution in [0.3, 0.4) is 0 Å². The number of aliphatic carboxylic acids is 1. The third-order valence-corrected chi connectivity index (χ3v) is 4.70. The van der Waals surface area contributed by atoms with Gasteiger partial charge in [-0.25, -0.2) is 4.98 Å². The highest BCUT2D eigenvalue weighted by Gasteiger charge is 2.21. The molecule has 0 saturated carbocycles. The van der Waals surface area contributed by atoms with E-state index in [1.807, 2.05) is 17.5 Å². The zero-order chi connectivity index (χ0) is 19.3. The molecule has 1 heterocycles. The zero-order valence-electron chi connectivity index (χ0n) is 15.2. The minimum Gasteiger partial charge on any atom is -0.493 e. The number of carbonyl (C=O) groups is 2. The Hall–Kier alpha value is -2.61. The first-order valence-electron chi connectivity index (χ1n) is 8.03. The maximum Gasteiger partial charge on any atom is 0.323 e. The van der Waals surface area contributed by atoms with E-state index in [0.29, 0.717) is 17.2 Å². The maximum absolute atomic E-state index is 12.4. The fourth-order valence-corrected chi connectivity index (χ4v) is 3.27. The molecule has 0 spiro atoms. The highest BCUT2D eigenvalue weighted by atomic mass is 32.1. The first kappa shape index (κ1) is 19.7. The summed E-state index contributed by atoms with van der Waals surface area (Å²) >= 11 is 1.42. The van der Waals surface area contributed by atoms with Crippen molar-refractivity contribution in [2.45, 2.75) is 26.3 Å². The van der Waals surface area contributed by atoms with Crippen molar-refractivity contribution in [2.75, 3.05) is 20.8 Å². The Kier molecular flexibility index (Phi) is 6.57. The molecule has 2 aromatic rings. The third-order valence-electron chi connectivity index (χ3n) is 3.76. The van der Waals surface area contributed by atoms with E-state index < -0.39 is 5.97 Å². The van der Waals surface area contributed by atoms with Crippen LogP contribution in [-0.4, -0.2) is 53.7 Å². The molecule has 1 aromatic carbocycles. The van der Waals surface area contributed by atoms with Crippen LogP contribution in [0.2, 0.25) is 0 Å². The molecule has 0 aliphatic carbocycles. The maximum atomic E-state index is 12.4. The van der Waals surface area contributed by atoms with E-state index >= 15 is 0 Å². The highest BCUT2D eigenvalue weighted by Crippen LogP contribution is 2.33. The number of carboxylic acid groups (broad SMARTS) is 1. The summed E-state index contributed by atoms with van der Waals surface area (Å²) in [4.78, 5) is 29.2. The van der Waals surface area contributed by atoms with Crippen LogP contribution in [0.5, 0.6) is 11.5 Å². The molecule has 0 aliphatic rings. The lowest BCUT2D eigenvalue weighted by molar-refractivity contribution is -0.145. The summed E-state index contributed by atoms with van der Waals surface area (Å²) in [6.45, 7) is 3.26. The molecule has 0 atom stereocenters. The largest absolute Gasteiger partial charge is 0.493 e. The first-order valence-corrected chi connectivity index (χ1v) is 8.91. The summed E-state index contributed by atoms with van der Waals surface area (Å²) < 4.78 is 10.5. The van der Waals surface area contributed by atoms with Crippen molar-refractivity contribution in [3.63, 3.8) is 0 Å². The van der Waals surface area contributed by atoms with E-state index in [4.69, 9.17) is 14.6 Å². The van der Waals surface area contributed by atoms with Crippen LogP contribution < -0.4 is 9.47 Å². The molecule has 1 aromatic heterocycles. The van der Waals surface area contributed by atoms with E-state index in [0.717, 1.165) is 10.6 Å². The van der Waals surface area contributed by atoms with Crippen molar-refractivity contribution in [2.24, 2.45) is 0 Å². The zero-order valence-corrected chi connectivity index (χ0v) is 16.0. The number of nitrogens with zero attached hydrogens (tertiary/aromatic N) is 2. The van der Waals surface area contributed by atoms with Crippen molar-refractivity contribution in [1.82, 2.24) is 9.88 Å². The van der Waals surface area contributed by atoms with Crippen LogP contribution in [-0.2, 0) is 16.0 Å². The van der Waals surface area contributed by atoms with E-state index in [2.05, 4.69) is 4.98 Å². The van der Waals surface area contributed by atoms with Gasteiger partial charge in [0.25, 0.3) is 0 Å². The molecule has 140 valence electrons. The van der Waals surface area contributed by atoms with Gasteiger partial charge in [0.2, 0.25) is 5.91 Å². The number of methoxy groups -OCH3 is 2. The first-order chi connectivity index (χ1) is 12.3. The second kappa shape index (κ2) is 8.66. The Balaban J connectivity index is 2.17. The van der Waals surface area contributed by atoms with Gasteiger partial charge in [-0.2, -0.15) is 0 Å². The molecule has 0 radical (unpaired) electrons.